The molecule has 0 spiro atoms. The van der Waals surface area contributed by atoms with Gasteiger partial charge in [-0.1, -0.05) is 35.9 Å². The molecule has 1 aromatic heterocycles. The highest BCUT2D eigenvalue weighted by atomic mass is 35.5. The molecule has 0 atom stereocenters. The lowest BCUT2D eigenvalue weighted by molar-refractivity contribution is 0.104. The second-order valence-electron chi connectivity index (χ2n) is 6.84. The van der Waals surface area contributed by atoms with Crippen molar-refractivity contribution < 1.29 is 31.8 Å². The van der Waals surface area contributed by atoms with Gasteiger partial charge in [0.05, 0.1) is 25.8 Å². The Morgan fingerprint density at radius 2 is 1.85 bits per heavy atom. The third kappa shape index (κ3) is 5.54. The summed E-state index contributed by atoms with van der Waals surface area (Å²) in [4.78, 5) is 12.5. The first-order chi connectivity index (χ1) is 15.7. The first-order valence-corrected chi connectivity index (χ1v) is 9.98. The van der Waals surface area contributed by atoms with Gasteiger partial charge in [-0.25, -0.2) is 17.6 Å². The standard InChI is InChI=1S/C23H19ClF4N2O3/c1-32-16-5-3-4-14(11-16)17(31)8-6-13-7-9-18(33-2)15(10-13)12-30-21(23(27)28)19(24)20(29-30)22(25)26/h3-11,22-23H,12H2,1-2H3/b8-6+. The van der Waals surface area contributed by atoms with Gasteiger partial charge in [0.2, 0.25) is 0 Å². The Kier molecular flexibility index (Phi) is 7.75. The normalized spacial score (nSPS) is 11.5. The Balaban J connectivity index is 1.91. The number of ether oxygens (including phenoxy) is 2. The number of hydrogen-bond acceptors (Lipinski definition) is 4. The van der Waals surface area contributed by atoms with Crippen LogP contribution in [0.3, 0.4) is 0 Å². The molecule has 0 saturated carbocycles. The number of methoxy groups -OCH3 is 2. The number of halogens is 5. The zero-order valence-corrected chi connectivity index (χ0v) is 18.3. The summed E-state index contributed by atoms with van der Waals surface area (Å²) in [5, 5.41) is 2.81. The topological polar surface area (TPSA) is 53.4 Å². The molecular weight excluding hydrogens is 464 g/mol. The van der Waals surface area contributed by atoms with Crippen LogP contribution in [0.4, 0.5) is 17.6 Å². The first-order valence-electron chi connectivity index (χ1n) is 9.61. The second kappa shape index (κ2) is 10.5. The highest BCUT2D eigenvalue weighted by Gasteiger charge is 2.28. The van der Waals surface area contributed by atoms with Crippen molar-refractivity contribution in [2.45, 2.75) is 19.4 Å². The number of ketones is 1. The molecule has 0 aliphatic rings. The number of hydrogen-bond donors (Lipinski definition) is 0. The number of carbonyl (C=O) groups is 1. The van der Waals surface area contributed by atoms with Gasteiger partial charge >= 0.3 is 0 Å². The Morgan fingerprint density at radius 1 is 1.09 bits per heavy atom. The highest BCUT2D eigenvalue weighted by molar-refractivity contribution is 6.32. The van der Waals surface area contributed by atoms with Crippen molar-refractivity contribution in [3.05, 3.63) is 81.6 Å². The zero-order chi connectivity index (χ0) is 24.1. The fraction of sp³-hybridized carbons (Fsp3) is 0.217. The summed E-state index contributed by atoms with van der Waals surface area (Å²) in [5.41, 5.74) is -0.344. The number of aromatic nitrogens is 2. The molecule has 0 saturated heterocycles. The SMILES string of the molecule is COc1cccc(C(=O)/C=C/c2ccc(OC)c(Cn3nc(C(F)F)c(Cl)c3C(F)F)c2)c1. The van der Waals surface area contributed by atoms with Gasteiger partial charge in [-0.2, -0.15) is 5.10 Å². The second-order valence-corrected chi connectivity index (χ2v) is 7.22. The van der Waals surface area contributed by atoms with E-state index in [-0.39, 0.29) is 12.3 Å². The van der Waals surface area contributed by atoms with Crippen LogP contribution in [0, 0.1) is 0 Å². The summed E-state index contributed by atoms with van der Waals surface area (Å²) in [6.45, 7) is -0.291. The third-order valence-corrected chi connectivity index (χ3v) is 5.16. The van der Waals surface area contributed by atoms with E-state index in [4.69, 9.17) is 21.1 Å². The summed E-state index contributed by atoms with van der Waals surface area (Å²) in [6.07, 6.45) is -3.31. The lowest BCUT2D eigenvalue weighted by Crippen LogP contribution is -2.08. The van der Waals surface area contributed by atoms with Crippen LogP contribution in [-0.4, -0.2) is 29.8 Å². The largest absolute Gasteiger partial charge is 0.497 e. The van der Waals surface area contributed by atoms with E-state index >= 15 is 0 Å². The molecule has 5 nitrogen and oxygen atoms in total. The quantitative estimate of drug-likeness (QED) is 0.202. The number of alkyl halides is 4. The van der Waals surface area contributed by atoms with Crippen molar-refractivity contribution in [3.63, 3.8) is 0 Å². The highest BCUT2D eigenvalue weighted by Crippen LogP contribution is 2.35. The van der Waals surface area contributed by atoms with Crippen LogP contribution in [0.15, 0.2) is 48.5 Å². The molecule has 0 aliphatic carbocycles. The van der Waals surface area contributed by atoms with Crippen LogP contribution >= 0.6 is 11.6 Å². The first kappa shape index (κ1) is 24.3. The molecule has 0 aliphatic heterocycles. The molecule has 174 valence electrons. The maximum atomic E-state index is 13.5. The fourth-order valence-corrected chi connectivity index (χ4v) is 3.47. The molecule has 0 N–H and O–H groups in total. The molecule has 0 bridgehead atoms. The van der Waals surface area contributed by atoms with Gasteiger partial charge < -0.3 is 9.47 Å². The van der Waals surface area contributed by atoms with Crippen molar-refractivity contribution in [1.82, 2.24) is 9.78 Å². The zero-order valence-electron chi connectivity index (χ0n) is 17.6. The van der Waals surface area contributed by atoms with E-state index in [1.54, 1.807) is 48.5 Å². The summed E-state index contributed by atoms with van der Waals surface area (Å²) < 4.78 is 64.3. The third-order valence-electron chi connectivity index (χ3n) is 4.78. The number of carbonyl (C=O) groups excluding carboxylic acids is 1. The van der Waals surface area contributed by atoms with Crippen molar-refractivity contribution >= 4 is 23.5 Å². The van der Waals surface area contributed by atoms with Crippen LogP contribution in [0.1, 0.15) is 45.7 Å². The number of rotatable bonds is 9. The molecule has 0 radical (unpaired) electrons. The molecule has 0 unspecified atom stereocenters. The van der Waals surface area contributed by atoms with Gasteiger partial charge in [0, 0.05) is 11.1 Å². The average molecular weight is 483 g/mol. The Labute approximate surface area is 192 Å². The van der Waals surface area contributed by atoms with Gasteiger partial charge in [-0.15, -0.1) is 0 Å². The van der Waals surface area contributed by atoms with E-state index in [9.17, 15) is 22.4 Å². The number of allylic oxidation sites excluding steroid dienone is 1. The Bertz CT molecular complexity index is 1180. The lowest BCUT2D eigenvalue weighted by Gasteiger charge is -2.12. The monoisotopic (exact) mass is 482 g/mol. The van der Waals surface area contributed by atoms with E-state index in [1.807, 2.05) is 0 Å². The predicted molar refractivity (Wildman–Crippen MR) is 116 cm³/mol. The maximum absolute atomic E-state index is 13.5. The van der Waals surface area contributed by atoms with Crippen molar-refractivity contribution in [2.75, 3.05) is 14.2 Å². The maximum Gasteiger partial charge on any atom is 0.283 e. The summed E-state index contributed by atoms with van der Waals surface area (Å²) >= 11 is 5.72. The van der Waals surface area contributed by atoms with E-state index < -0.39 is 29.3 Å². The van der Waals surface area contributed by atoms with Gasteiger partial charge in [0.1, 0.15) is 22.9 Å². The summed E-state index contributed by atoms with van der Waals surface area (Å²) in [7, 11) is 2.88. The molecular formula is C23H19ClF4N2O3. The Morgan fingerprint density at radius 3 is 2.48 bits per heavy atom. The van der Waals surface area contributed by atoms with E-state index in [1.165, 1.54) is 20.3 Å². The molecule has 33 heavy (non-hydrogen) atoms. The van der Waals surface area contributed by atoms with Crippen LogP contribution < -0.4 is 9.47 Å². The van der Waals surface area contributed by atoms with Gasteiger partial charge in [-0.3, -0.25) is 9.48 Å². The molecule has 0 fully saturated rings. The molecule has 3 aromatic rings. The van der Waals surface area contributed by atoms with Gasteiger partial charge in [-0.05, 0) is 35.9 Å². The minimum atomic E-state index is -3.10. The minimum Gasteiger partial charge on any atom is -0.497 e. The van der Waals surface area contributed by atoms with Crippen LogP contribution in [0.2, 0.25) is 5.02 Å². The van der Waals surface area contributed by atoms with E-state index in [2.05, 4.69) is 5.10 Å². The molecule has 2 aromatic carbocycles. The van der Waals surface area contributed by atoms with Crippen LogP contribution in [-0.2, 0) is 6.54 Å². The average Bonchev–Trinajstić information content (AvgIpc) is 3.13. The number of nitrogens with zero attached hydrogens (tertiary/aromatic N) is 2. The Hall–Kier alpha value is -3.33. The smallest absolute Gasteiger partial charge is 0.283 e. The number of benzene rings is 2. The lowest BCUT2D eigenvalue weighted by atomic mass is 10.1. The van der Waals surface area contributed by atoms with Crippen molar-refractivity contribution in [1.29, 1.82) is 0 Å². The molecule has 3 rings (SSSR count). The fourth-order valence-electron chi connectivity index (χ4n) is 3.17. The van der Waals surface area contributed by atoms with Gasteiger partial charge in [0.15, 0.2) is 5.78 Å². The molecule has 0 amide bonds. The van der Waals surface area contributed by atoms with Crippen LogP contribution in [0.5, 0.6) is 11.5 Å². The molecule has 1 heterocycles. The molecule has 10 heteroatoms. The van der Waals surface area contributed by atoms with E-state index in [0.717, 1.165) is 4.68 Å². The van der Waals surface area contributed by atoms with Crippen molar-refractivity contribution in [3.8, 4) is 11.5 Å². The van der Waals surface area contributed by atoms with Gasteiger partial charge in [0.25, 0.3) is 12.9 Å². The van der Waals surface area contributed by atoms with Crippen molar-refractivity contribution in [2.24, 2.45) is 0 Å². The minimum absolute atomic E-state index is 0.272. The summed E-state index contributed by atoms with van der Waals surface area (Å²) in [5.74, 6) is 0.597. The van der Waals surface area contributed by atoms with E-state index in [0.29, 0.717) is 28.2 Å². The van der Waals surface area contributed by atoms with Crippen LogP contribution in [0.25, 0.3) is 6.08 Å². The summed E-state index contributed by atoms with van der Waals surface area (Å²) in [6, 6.07) is 11.5. The predicted octanol–water partition coefficient (Wildman–Crippen LogP) is 6.37.